The smallest absolute Gasteiger partial charge is 0.204 e. The lowest BCUT2D eigenvalue weighted by atomic mass is 10.3. The van der Waals surface area contributed by atoms with Gasteiger partial charge in [-0.15, -0.1) is 0 Å². The maximum atomic E-state index is 12.8. The van der Waals surface area contributed by atoms with E-state index in [1.807, 2.05) is 0 Å². The Morgan fingerprint density at radius 1 is 1.14 bits per heavy atom. The quantitative estimate of drug-likeness (QED) is 0.350. The number of ether oxygens (including phenoxy) is 1. The molecule has 0 aliphatic carbocycles. The summed E-state index contributed by atoms with van der Waals surface area (Å²) >= 11 is 0. The van der Waals surface area contributed by atoms with Crippen molar-refractivity contribution in [1.29, 1.82) is 0 Å². The predicted molar refractivity (Wildman–Crippen MR) is 38.6 cm³/mol. The topological polar surface area (TPSA) is 29.5 Å². The molecule has 0 radical (unpaired) electrons. The van der Waals surface area contributed by atoms with E-state index in [4.69, 9.17) is 5.11 Å². The average molecular weight is 210 g/mol. The predicted octanol–water partition coefficient (Wildman–Crippen LogP) is 1.96. The lowest BCUT2D eigenvalue weighted by Crippen LogP contribution is -2.12. The summed E-state index contributed by atoms with van der Waals surface area (Å²) in [6.45, 7) is 1.11. The summed E-state index contributed by atoms with van der Waals surface area (Å²) in [5.41, 5.74) is 0. The zero-order valence-electron chi connectivity index (χ0n) is 7.02. The second kappa shape index (κ2) is 3.83. The van der Waals surface area contributed by atoms with E-state index in [1.54, 1.807) is 0 Å². The molecular formula is C8H6F4O2. The highest BCUT2D eigenvalue weighted by Crippen LogP contribution is 2.25. The molecule has 1 aromatic carbocycles. The molecule has 0 saturated carbocycles. The first-order chi connectivity index (χ1) is 6.43. The molecule has 1 rings (SSSR count). The van der Waals surface area contributed by atoms with E-state index in [0.29, 0.717) is 6.07 Å². The average Bonchev–Trinajstić information content (AvgIpc) is 2.10. The lowest BCUT2D eigenvalue weighted by Gasteiger charge is -2.10. The van der Waals surface area contributed by atoms with Crippen LogP contribution in [0, 0.1) is 23.3 Å². The van der Waals surface area contributed by atoms with Gasteiger partial charge in [0, 0.05) is 6.07 Å². The van der Waals surface area contributed by atoms with Crippen molar-refractivity contribution in [2.75, 3.05) is 0 Å². The maximum absolute atomic E-state index is 12.8. The molecule has 6 heteroatoms. The minimum atomic E-state index is -1.97. The molecular weight excluding hydrogens is 204 g/mol. The summed E-state index contributed by atoms with van der Waals surface area (Å²) in [5.74, 6) is -8.03. The second-order valence-electron chi connectivity index (χ2n) is 2.52. The molecule has 0 aliphatic heterocycles. The molecule has 0 aromatic heterocycles. The number of hydrogen-bond donors (Lipinski definition) is 1. The third kappa shape index (κ3) is 1.95. The van der Waals surface area contributed by atoms with E-state index >= 15 is 0 Å². The van der Waals surface area contributed by atoms with Crippen molar-refractivity contribution in [2.24, 2.45) is 0 Å². The Bertz CT molecular complexity index is 352. The molecule has 0 heterocycles. The minimum absolute atomic E-state index is 0.320. The first-order valence-corrected chi connectivity index (χ1v) is 3.61. The minimum Gasteiger partial charge on any atom is -0.462 e. The first-order valence-electron chi connectivity index (χ1n) is 3.61. The summed E-state index contributed by atoms with van der Waals surface area (Å²) in [6, 6.07) is 0.320. The zero-order chi connectivity index (χ0) is 10.9. The molecule has 0 aliphatic rings. The molecule has 0 fully saturated rings. The maximum Gasteiger partial charge on any atom is 0.204 e. The van der Waals surface area contributed by atoms with Gasteiger partial charge in [-0.1, -0.05) is 0 Å². The Morgan fingerprint density at radius 2 is 1.71 bits per heavy atom. The number of hydrogen-bond acceptors (Lipinski definition) is 2. The fraction of sp³-hybridized carbons (Fsp3) is 0.250. The van der Waals surface area contributed by atoms with Crippen LogP contribution in [-0.4, -0.2) is 11.4 Å². The van der Waals surface area contributed by atoms with Crippen LogP contribution in [0.1, 0.15) is 6.92 Å². The van der Waals surface area contributed by atoms with E-state index < -0.39 is 35.3 Å². The van der Waals surface area contributed by atoms with Gasteiger partial charge >= 0.3 is 0 Å². The standard InChI is InChI=1S/C8H6F4O2/c1-3(13)14-5-2-4(9)6(10)8(12)7(5)11/h2-3,13H,1H3. The Morgan fingerprint density at radius 3 is 2.21 bits per heavy atom. The van der Waals surface area contributed by atoms with Gasteiger partial charge in [-0.25, -0.2) is 13.2 Å². The van der Waals surface area contributed by atoms with Crippen LogP contribution >= 0.6 is 0 Å². The van der Waals surface area contributed by atoms with Crippen LogP contribution in [0.5, 0.6) is 5.75 Å². The van der Waals surface area contributed by atoms with Crippen molar-refractivity contribution >= 4 is 0 Å². The van der Waals surface area contributed by atoms with Crippen molar-refractivity contribution in [2.45, 2.75) is 13.2 Å². The van der Waals surface area contributed by atoms with Crippen LogP contribution in [0.15, 0.2) is 6.07 Å². The number of aliphatic hydroxyl groups excluding tert-OH is 1. The van der Waals surface area contributed by atoms with Gasteiger partial charge in [0.25, 0.3) is 0 Å². The number of rotatable bonds is 2. The lowest BCUT2D eigenvalue weighted by molar-refractivity contribution is -0.00397. The fourth-order valence-electron chi connectivity index (χ4n) is 0.821. The third-order valence-electron chi connectivity index (χ3n) is 1.37. The molecule has 1 atom stereocenters. The number of benzene rings is 1. The molecule has 2 nitrogen and oxygen atoms in total. The molecule has 0 spiro atoms. The first kappa shape index (κ1) is 10.8. The Hall–Kier alpha value is -1.30. The van der Waals surface area contributed by atoms with Gasteiger partial charge in [-0.3, -0.25) is 0 Å². The molecule has 0 bridgehead atoms. The summed E-state index contributed by atoms with van der Waals surface area (Å²) in [4.78, 5) is 0. The highest BCUT2D eigenvalue weighted by molar-refractivity contribution is 5.27. The van der Waals surface area contributed by atoms with Gasteiger partial charge in [0.15, 0.2) is 23.7 Å². The van der Waals surface area contributed by atoms with Crippen LogP contribution in [0.25, 0.3) is 0 Å². The van der Waals surface area contributed by atoms with E-state index in [2.05, 4.69) is 4.74 Å². The molecule has 0 saturated heterocycles. The molecule has 14 heavy (non-hydrogen) atoms. The van der Waals surface area contributed by atoms with Gasteiger partial charge < -0.3 is 9.84 Å². The van der Waals surface area contributed by atoms with Gasteiger partial charge in [0.2, 0.25) is 11.6 Å². The summed E-state index contributed by atoms with van der Waals surface area (Å²) in [6.07, 6.45) is -1.45. The van der Waals surface area contributed by atoms with E-state index in [9.17, 15) is 17.6 Å². The van der Waals surface area contributed by atoms with E-state index in [1.165, 1.54) is 0 Å². The summed E-state index contributed by atoms with van der Waals surface area (Å²) in [5, 5.41) is 8.65. The highest BCUT2D eigenvalue weighted by Gasteiger charge is 2.20. The van der Waals surface area contributed by atoms with Crippen molar-refractivity contribution in [3.8, 4) is 5.75 Å². The molecule has 0 amide bonds. The molecule has 1 aromatic rings. The van der Waals surface area contributed by atoms with Crippen molar-refractivity contribution in [3.63, 3.8) is 0 Å². The largest absolute Gasteiger partial charge is 0.462 e. The SMILES string of the molecule is CC(O)Oc1cc(F)c(F)c(F)c1F. The fourth-order valence-corrected chi connectivity index (χ4v) is 0.821. The number of halogens is 4. The second-order valence-corrected chi connectivity index (χ2v) is 2.52. The molecule has 1 unspecified atom stereocenters. The number of aliphatic hydroxyl groups is 1. The van der Waals surface area contributed by atoms with E-state index in [-0.39, 0.29) is 0 Å². The Labute approximate surface area is 76.7 Å². The monoisotopic (exact) mass is 210 g/mol. The van der Waals surface area contributed by atoms with Crippen LogP contribution < -0.4 is 4.74 Å². The summed E-state index contributed by atoms with van der Waals surface area (Å²) in [7, 11) is 0. The molecule has 1 N–H and O–H groups in total. The van der Waals surface area contributed by atoms with Gasteiger partial charge in [0.1, 0.15) is 0 Å². The Kier molecular flexibility index (Phi) is 2.95. The van der Waals surface area contributed by atoms with Crippen LogP contribution in [0.2, 0.25) is 0 Å². The van der Waals surface area contributed by atoms with Gasteiger partial charge in [-0.05, 0) is 6.92 Å². The van der Waals surface area contributed by atoms with Crippen LogP contribution in [-0.2, 0) is 0 Å². The van der Waals surface area contributed by atoms with Gasteiger partial charge in [-0.2, -0.15) is 4.39 Å². The third-order valence-corrected chi connectivity index (χ3v) is 1.37. The van der Waals surface area contributed by atoms with Gasteiger partial charge in [0.05, 0.1) is 0 Å². The normalized spacial score (nSPS) is 12.7. The Balaban J connectivity index is 3.19. The zero-order valence-corrected chi connectivity index (χ0v) is 7.02. The van der Waals surface area contributed by atoms with E-state index in [0.717, 1.165) is 6.92 Å². The van der Waals surface area contributed by atoms with Crippen molar-refractivity contribution in [1.82, 2.24) is 0 Å². The van der Waals surface area contributed by atoms with Crippen LogP contribution in [0.4, 0.5) is 17.6 Å². The van der Waals surface area contributed by atoms with Crippen molar-refractivity contribution < 1.29 is 27.4 Å². The highest BCUT2D eigenvalue weighted by atomic mass is 19.2. The van der Waals surface area contributed by atoms with Crippen molar-refractivity contribution in [3.05, 3.63) is 29.3 Å². The molecule has 78 valence electrons. The summed E-state index contributed by atoms with van der Waals surface area (Å²) < 4.78 is 54.6. The van der Waals surface area contributed by atoms with Crippen LogP contribution in [0.3, 0.4) is 0 Å².